The summed E-state index contributed by atoms with van der Waals surface area (Å²) in [6.07, 6.45) is 1.55. The molecule has 0 radical (unpaired) electrons. The molecule has 72 valence electrons. The fourth-order valence-corrected chi connectivity index (χ4v) is 1.67. The molecular formula is C9H10N4S. The molecule has 1 aromatic heterocycles. The number of hydrogen-bond acceptors (Lipinski definition) is 4. The molecule has 4 nitrogen and oxygen atoms in total. The van der Waals surface area contributed by atoms with Crippen molar-refractivity contribution in [1.82, 2.24) is 9.55 Å². The zero-order chi connectivity index (χ0) is 10.4. The van der Waals surface area contributed by atoms with Crippen LogP contribution in [0.4, 0.5) is 0 Å². The van der Waals surface area contributed by atoms with Crippen LogP contribution in [0.1, 0.15) is 18.3 Å². The number of aromatic nitrogens is 2. The van der Waals surface area contributed by atoms with Gasteiger partial charge in [-0.15, -0.1) is 0 Å². The van der Waals surface area contributed by atoms with E-state index in [2.05, 4.69) is 11.9 Å². The molecule has 0 N–H and O–H groups in total. The minimum absolute atomic E-state index is 0.217. The first-order chi connectivity index (χ1) is 6.83. The Kier molecular flexibility index (Phi) is 4.03. The Bertz CT molecular complexity index is 382. The lowest BCUT2D eigenvalue weighted by Gasteiger charge is -2.01. The number of rotatable bonds is 4. The Morgan fingerprint density at radius 1 is 1.50 bits per heavy atom. The smallest absolute Gasteiger partial charge is 0.176 e. The third kappa shape index (κ3) is 2.27. The SMILES string of the molecule is CCSCCn1cnc(C#N)c1C#N. The molecule has 0 unspecified atom stereocenters. The number of aryl methyl sites for hydroxylation is 1. The standard InChI is InChI=1S/C9H10N4S/c1-2-14-4-3-13-7-12-8(5-10)9(13)6-11/h7H,2-4H2,1H3. The highest BCUT2D eigenvalue weighted by atomic mass is 32.2. The van der Waals surface area contributed by atoms with Gasteiger partial charge in [0.2, 0.25) is 0 Å². The molecule has 5 heteroatoms. The van der Waals surface area contributed by atoms with Crippen molar-refractivity contribution in [2.45, 2.75) is 13.5 Å². The van der Waals surface area contributed by atoms with E-state index in [1.165, 1.54) is 0 Å². The van der Waals surface area contributed by atoms with Crippen molar-refractivity contribution in [3.8, 4) is 12.1 Å². The normalized spacial score (nSPS) is 9.36. The summed E-state index contributed by atoms with van der Waals surface area (Å²) in [5.41, 5.74) is 0.582. The average Bonchev–Trinajstić information content (AvgIpc) is 2.60. The van der Waals surface area contributed by atoms with E-state index >= 15 is 0 Å². The van der Waals surface area contributed by atoms with Crippen LogP contribution in [0, 0.1) is 22.7 Å². The van der Waals surface area contributed by atoms with E-state index in [9.17, 15) is 0 Å². The zero-order valence-corrected chi connectivity index (χ0v) is 8.71. The maximum Gasteiger partial charge on any atom is 0.176 e. The van der Waals surface area contributed by atoms with Crippen molar-refractivity contribution in [2.24, 2.45) is 0 Å². The van der Waals surface area contributed by atoms with Gasteiger partial charge < -0.3 is 4.57 Å². The van der Waals surface area contributed by atoms with Crippen LogP contribution >= 0.6 is 11.8 Å². The van der Waals surface area contributed by atoms with E-state index in [0.29, 0.717) is 5.69 Å². The third-order valence-electron chi connectivity index (χ3n) is 1.73. The number of nitriles is 2. The molecule has 1 rings (SSSR count). The molecule has 0 saturated heterocycles. The van der Waals surface area contributed by atoms with Gasteiger partial charge >= 0.3 is 0 Å². The monoisotopic (exact) mass is 206 g/mol. The molecule has 0 fully saturated rings. The summed E-state index contributed by atoms with van der Waals surface area (Å²) in [7, 11) is 0. The summed E-state index contributed by atoms with van der Waals surface area (Å²) in [5.74, 6) is 1.99. The predicted molar refractivity (Wildman–Crippen MR) is 54.7 cm³/mol. The minimum atomic E-state index is 0.217. The zero-order valence-electron chi connectivity index (χ0n) is 7.90. The lowest BCUT2D eigenvalue weighted by atomic mass is 10.3. The van der Waals surface area contributed by atoms with Gasteiger partial charge in [-0.25, -0.2) is 4.98 Å². The van der Waals surface area contributed by atoms with Gasteiger partial charge in [-0.3, -0.25) is 0 Å². The molecule has 0 bridgehead atoms. The van der Waals surface area contributed by atoms with E-state index in [-0.39, 0.29) is 5.69 Å². The van der Waals surface area contributed by atoms with Crippen LogP contribution in [-0.2, 0) is 6.54 Å². The maximum atomic E-state index is 8.81. The Labute approximate surface area is 87.2 Å². The number of hydrogen-bond donors (Lipinski definition) is 0. The van der Waals surface area contributed by atoms with Gasteiger partial charge in [0.25, 0.3) is 0 Å². The van der Waals surface area contributed by atoms with Crippen LogP contribution in [0.3, 0.4) is 0 Å². The van der Waals surface area contributed by atoms with E-state index in [0.717, 1.165) is 18.1 Å². The highest BCUT2D eigenvalue weighted by Crippen LogP contribution is 2.07. The second kappa shape index (κ2) is 5.31. The molecule has 0 aliphatic rings. The Morgan fingerprint density at radius 3 is 2.86 bits per heavy atom. The van der Waals surface area contributed by atoms with E-state index in [1.807, 2.05) is 12.1 Å². The number of thioether (sulfide) groups is 1. The Hall–Kier alpha value is -1.46. The first-order valence-corrected chi connectivity index (χ1v) is 5.42. The molecule has 1 aromatic rings. The van der Waals surface area contributed by atoms with Crippen LogP contribution in [-0.4, -0.2) is 21.1 Å². The topological polar surface area (TPSA) is 65.4 Å². The van der Waals surface area contributed by atoms with Gasteiger partial charge in [0.05, 0.1) is 6.33 Å². The molecule has 0 spiro atoms. The maximum absolute atomic E-state index is 8.81. The lowest BCUT2D eigenvalue weighted by molar-refractivity contribution is 0.759. The predicted octanol–water partition coefficient (Wildman–Crippen LogP) is 1.38. The van der Waals surface area contributed by atoms with Crippen molar-refractivity contribution < 1.29 is 0 Å². The summed E-state index contributed by atoms with van der Waals surface area (Å²) in [5, 5.41) is 17.5. The molecule has 1 heterocycles. The van der Waals surface area contributed by atoms with Crippen LogP contribution in [0.25, 0.3) is 0 Å². The fraction of sp³-hybridized carbons (Fsp3) is 0.444. The highest BCUT2D eigenvalue weighted by Gasteiger charge is 2.08. The first-order valence-electron chi connectivity index (χ1n) is 4.26. The molecule has 0 amide bonds. The largest absolute Gasteiger partial charge is 0.320 e. The number of imidazole rings is 1. The summed E-state index contributed by atoms with van der Waals surface area (Å²) >= 11 is 1.80. The fourth-order valence-electron chi connectivity index (χ4n) is 1.06. The third-order valence-corrected chi connectivity index (χ3v) is 2.61. The second-order valence-electron chi connectivity index (χ2n) is 2.56. The van der Waals surface area contributed by atoms with Crippen LogP contribution < -0.4 is 0 Å². The van der Waals surface area contributed by atoms with E-state index in [1.54, 1.807) is 22.7 Å². The molecular weight excluding hydrogens is 196 g/mol. The first kappa shape index (κ1) is 10.6. The van der Waals surface area contributed by atoms with Crippen molar-refractivity contribution in [1.29, 1.82) is 10.5 Å². The van der Waals surface area contributed by atoms with Gasteiger partial charge in [0.15, 0.2) is 11.4 Å². The van der Waals surface area contributed by atoms with Gasteiger partial charge in [-0.05, 0) is 5.75 Å². The minimum Gasteiger partial charge on any atom is -0.320 e. The molecule has 0 atom stereocenters. The van der Waals surface area contributed by atoms with Gasteiger partial charge in [0, 0.05) is 12.3 Å². The summed E-state index contributed by atoms with van der Waals surface area (Å²) in [6, 6.07) is 3.89. The van der Waals surface area contributed by atoms with Gasteiger partial charge in [-0.1, -0.05) is 6.92 Å². The highest BCUT2D eigenvalue weighted by molar-refractivity contribution is 7.99. The summed E-state index contributed by atoms with van der Waals surface area (Å²) < 4.78 is 1.72. The van der Waals surface area contributed by atoms with Crippen molar-refractivity contribution in [3.63, 3.8) is 0 Å². The Balaban J connectivity index is 2.74. The van der Waals surface area contributed by atoms with E-state index < -0.39 is 0 Å². The summed E-state index contributed by atoms with van der Waals surface area (Å²) in [6.45, 7) is 2.82. The molecule has 0 aliphatic heterocycles. The Morgan fingerprint density at radius 2 is 2.29 bits per heavy atom. The van der Waals surface area contributed by atoms with Crippen molar-refractivity contribution in [2.75, 3.05) is 11.5 Å². The summed E-state index contributed by atoms with van der Waals surface area (Å²) in [4.78, 5) is 3.85. The van der Waals surface area contributed by atoms with Crippen LogP contribution in [0.15, 0.2) is 6.33 Å². The molecule has 0 saturated carbocycles. The van der Waals surface area contributed by atoms with Crippen LogP contribution in [0.5, 0.6) is 0 Å². The number of nitrogens with zero attached hydrogens (tertiary/aromatic N) is 4. The second-order valence-corrected chi connectivity index (χ2v) is 3.95. The average molecular weight is 206 g/mol. The quantitative estimate of drug-likeness (QED) is 0.698. The van der Waals surface area contributed by atoms with Crippen molar-refractivity contribution >= 4 is 11.8 Å². The molecule has 0 aliphatic carbocycles. The van der Waals surface area contributed by atoms with Crippen LogP contribution in [0.2, 0.25) is 0 Å². The molecule has 14 heavy (non-hydrogen) atoms. The lowest BCUT2D eigenvalue weighted by Crippen LogP contribution is -2.02. The van der Waals surface area contributed by atoms with Gasteiger partial charge in [0.1, 0.15) is 12.1 Å². The molecule has 0 aromatic carbocycles. The van der Waals surface area contributed by atoms with E-state index in [4.69, 9.17) is 10.5 Å². The van der Waals surface area contributed by atoms with Gasteiger partial charge in [-0.2, -0.15) is 22.3 Å². The van der Waals surface area contributed by atoms with Crippen molar-refractivity contribution in [3.05, 3.63) is 17.7 Å².